The van der Waals surface area contributed by atoms with Gasteiger partial charge in [-0.25, -0.2) is 0 Å². The smallest absolute Gasteiger partial charge is 0.0790 e. The van der Waals surface area contributed by atoms with Gasteiger partial charge >= 0.3 is 0 Å². The number of rotatable bonds is 4. The summed E-state index contributed by atoms with van der Waals surface area (Å²) in [4.78, 5) is 9.95. The number of fused-ring (bicyclic) bond motifs is 1. The Morgan fingerprint density at radius 3 is 2.89 bits per heavy atom. The minimum Gasteiger partial charge on any atom is -0.298 e. The topological polar surface area (TPSA) is 34.1 Å². The Bertz CT molecular complexity index is 515. The molecule has 0 bridgehead atoms. The van der Waals surface area contributed by atoms with Crippen LogP contribution < -0.4 is 5.48 Å². The van der Waals surface area contributed by atoms with Crippen molar-refractivity contribution in [2.45, 2.75) is 38.3 Å². The minimum atomic E-state index is 0.396. The molecule has 0 atom stereocenters. The van der Waals surface area contributed by atoms with Gasteiger partial charge in [0.15, 0.2) is 0 Å². The molecule has 1 fully saturated rings. The fourth-order valence-electron chi connectivity index (χ4n) is 2.56. The highest BCUT2D eigenvalue weighted by Crippen LogP contribution is 2.20. The SMILES string of the molecule is c1ccc2c(CNOC3CCCC3)cncc2c1. The summed E-state index contributed by atoms with van der Waals surface area (Å²) < 4.78 is 0. The van der Waals surface area contributed by atoms with Crippen molar-refractivity contribution in [2.24, 2.45) is 0 Å². The second-order valence-corrected chi connectivity index (χ2v) is 4.87. The first-order valence-corrected chi connectivity index (χ1v) is 6.63. The van der Waals surface area contributed by atoms with Gasteiger partial charge in [-0.1, -0.05) is 37.1 Å². The lowest BCUT2D eigenvalue weighted by atomic mass is 10.1. The molecule has 3 rings (SSSR count). The van der Waals surface area contributed by atoms with Crippen molar-refractivity contribution in [1.82, 2.24) is 10.5 Å². The first-order chi connectivity index (χ1) is 8.93. The van der Waals surface area contributed by atoms with Crippen LogP contribution in [0.3, 0.4) is 0 Å². The molecule has 3 nitrogen and oxygen atoms in total. The number of hydrogen-bond acceptors (Lipinski definition) is 3. The van der Waals surface area contributed by atoms with E-state index < -0.39 is 0 Å². The monoisotopic (exact) mass is 242 g/mol. The van der Waals surface area contributed by atoms with Crippen molar-refractivity contribution < 1.29 is 4.84 Å². The maximum atomic E-state index is 5.68. The van der Waals surface area contributed by atoms with Gasteiger partial charge in [0.2, 0.25) is 0 Å². The molecule has 0 radical (unpaired) electrons. The maximum absolute atomic E-state index is 5.68. The summed E-state index contributed by atoms with van der Waals surface area (Å²) >= 11 is 0. The van der Waals surface area contributed by atoms with E-state index >= 15 is 0 Å². The van der Waals surface area contributed by atoms with E-state index in [-0.39, 0.29) is 0 Å². The van der Waals surface area contributed by atoms with Crippen LogP contribution >= 0.6 is 0 Å². The summed E-state index contributed by atoms with van der Waals surface area (Å²) in [7, 11) is 0. The van der Waals surface area contributed by atoms with E-state index in [1.54, 1.807) is 0 Å². The summed E-state index contributed by atoms with van der Waals surface area (Å²) in [6.07, 6.45) is 9.16. The molecule has 1 N–H and O–H groups in total. The zero-order valence-electron chi connectivity index (χ0n) is 10.4. The van der Waals surface area contributed by atoms with E-state index in [1.807, 2.05) is 18.5 Å². The average molecular weight is 242 g/mol. The number of hydroxylamine groups is 1. The van der Waals surface area contributed by atoms with Crippen LogP contribution in [0.15, 0.2) is 36.7 Å². The molecule has 2 aromatic rings. The molecule has 0 unspecified atom stereocenters. The largest absolute Gasteiger partial charge is 0.298 e. The van der Waals surface area contributed by atoms with E-state index in [9.17, 15) is 0 Å². The fourth-order valence-corrected chi connectivity index (χ4v) is 2.56. The summed E-state index contributed by atoms with van der Waals surface area (Å²) in [5.41, 5.74) is 4.28. The van der Waals surface area contributed by atoms with Crippen LogP contribution in [0.2, 0.25) is 0 Å². The van der Waals surface area contributed by atoms with Gasteiger partial charge in [0.1, 0.15) is 0 Å². The van der Waals surface area contributed by atoms with Crippen molar-refractivity contribution in [3.05, 3.63) is 42.2 Å². The van der Waals surface area contributed by atoms with Crippen LogP contribution in [-0.4, -0.2) is 11.1 Å². The van der Waals surface area contributed by atoms with E-state index in [2.05, 4.69) is 28.7 Å². The van der Waals surface area contributed by atoms with E-state index in [1.165, 1.54) is 42.0 Å². The lowest BCUT2D eigenvalue weighted by molar-refractivity contribution is -0.0242. The Labute approximate surface area is 107 Å². The van der Waals surface area contributed by atoms with E-state index in [0.29, 0.717) is 12.6 Å². The molecule has 1 aromatic heterocycles. The molecule has 0 saturated heterocycles. The van der Waals surface area contributed by atoms with Crippen LogP contribution in [0.1, 0.15) is 31.2 Å². The third-order valence-corrected chi connectivity index (χ3v) is 3.57. The van der Waals surface area contributed by atoms with Gasteiger partial charge in [0.25, 0.3) is 0 Å². The standard InChI is InChI=1S/C15H18N2O/c1-4-8-15-12(5-1)9-16-10-13(15)11-17-18-14-6-2-3-7-14/h1,4-5,8-10,14,17H,2-3,6-7,11H2. The third kappa shape index (κ3) is 2.52. The Kier molecular flexibility index (Phi) is 3.53. The third-order valence-electron chi connectivity index (χ3n) is 3.57. The first-order valence-electron chi connectivity index (χ1n) is 6.63. The normalized spacial score (nSPS) is 16.4. The van der Waals surface area contributed by atoms with Crippen LogP contribution in [0.5, 0.6) is 0 Å². The molecule has 3 heteroatoms. The zero-order valence-corrected chi connectivity index (χ0v) is 10.4. The molecule has 1 heterocycles. The molecular formula is C15H18N2O. The van der Waals surface area contributed by atoms with E-state index in [4.69, 9.17) is 4.84 Å². The Morgan fingerprint density at radius 2 is 2.00 bits per heavy atom. The van der Waals surface area contributed by atoms with Crippen molar-refractivity contribution in [3.63, 3.8) is 0 Å². The van der Waals surface area contributed by atoms with Gasteiger partial charge < -0.3 is 0 Å². The number of hydrogen-bond donors (Lipinski definition) is 1. The second-order valence-electron chi connectivity index (χ2n) is 4.87. The number of nitrogens with zero attached hydrogens (tertiary/aromatic N) is 1. The van der Waals surface area contributed by atoms with Crippen LogP contribution in [0.25, 0.3) is 10.8 Å². The van der Waals surface area contributed by atoms with Crippen LogP contribution in [0.4, 0.5) is 0 Å². The minimum absolute atomic E-state index is 0.396. The first kappa shape index (κ1) is 11.6. The van der Waals surface area contributed by atoms with Gasteiger partial charge in [0, 0.05) is 24.3 Å². The highest BCUT2D eigenvalue weighted by molar-refractivity contribution is 5.84. The number of nitrogens with one attached hydrogen (secondary N) is 1. The highest BCUT2D eigenvalue weighted by Gasteiger charge is 2.15. The molecular weight excluding hydrogens is 224 g/mol. The second kappa shape index (κ2) is 5.46. The highest BCUT2D eigenvalue weighted by atomic mass is 16.7. The summed E-state index contributed by atoms with van der Waals surface area (Å²) in [6, 6.07) is 8.31. The van der Waals surface area contributed by atoms with E-state index in [0.717, 1.165) is 0 Å². The van der Waals surface area contributed by atoms with Gasteiger partial charge in [-0.3, -0.25) is 9.82 Å². The zero-order chi connectivity index (χ0) is 12.2. The number of benzene rings is 1. The molecule has 94 valence electrons. The van der Waals surface area contributed by atoms with Gasteiger partial charge in [-0.2, -0.15) is 5.48 Å². The molecule has 1 aliphatic rings. The van der Waals surface area contributed by atoms with Gasteiger partial charge in [-0.05, 0) is 23.8 Å². The molecule has 18 heavy (non-hydrogen) atoms. The molecule has 1 aromatic carbocycles. The summed E-state index contributed by atoms with van der Waals surface area (Å²) in [5.74, 6) is 0. The van der Waals surface area contributed by atoms with Crippen LogP contribution in [-0.2, 0) is 11.4 Å². The van der Waals surface area contributed by atoms with Crippen LogP contribution in [0, 0.1) is 0 Å². The molecule has 0 spiro atoms. The molecule has 1 aliphatic carbocycles. The summed E-state index contributed by atoms with van der Waals surface area (Å²) in [6.45, 7) is 0.713. The Morgan fingerprint density at radius 1 is 1.17 bits per heavy atom. The fraction of sp³-hybridized carbons (Fsp3) is 0.400. The van der Waals surface area contributed by atoms with Crippen molar-refractivity contribution in [3.8, 4) is 0 Å². The lowest BCUT2D eigenvalue weighted by Crippen LogP contribution is -2.21. The Hall–Kier alpha value is -1.45. The summed E-state index contributed by atoms with van der Waals surface area (Å²) in [5, 5.41) is 2.42. The van der Waals surface area contributed by atoms with Gasteiger partial charge in [-0.15, -0.1) is 0 Å². The quantitative estimate of drug-likeness (QED) is 0.836. The predicted molar refractivity (Wildman–Crippen MR) is 71.9 cm³/mol. The maximum Gasteiger partial charge on any atom is 0.0790 e. The van der Waals surface area contributed by atoms with Gasteiger partial charge in [0.05, 0.1) is 6.10 Å². The molecule has 1 saturated carbocycles. The molecule has 0 aliphatic heterocycles. The van der Waals surface area contributed by atoms with Crippen molar-refractivity contribution in [2.75, 3.05) is 0 Å². The van der Waals surface area contributed by atoms with Crippen molar-refractivity contribution in [1.29, 1.82) is 0 Å². The Balaban J connectivity index is 1.66. The van der Waals surface area contributed by atoms with Crippen molar-refractivity contribution >= 4 is 10.8 Å². The number of aromatic nitrogens is 1. The number of pyridine rings is 1. The lowest BCUT2D eigenvalue weighted by Gasteiger charge is -2.12. The predicted octanol–water partition coefficient (Wildman–Crippen LogP) is 3.20. The molecule has 0 amide bonds. The average Bonchev–Trinajstić information content (AvgIpc) is 2.92.